The minimum absolute atomic E-state index is 0.108. The van der Waals surface area contributed by atoms with E-state index in [9.17, 15) is 19.2 Å². The lowest BCUT2D eigenvalue weighted by Gasteiger charge is -2.36. The first-order chi connectivity index (χ1) is 17.6. The number of nitrogens with zero attached hydrogens (tertiary/aromatic N) is 3. The molecule has 2 saturated heterocycles. The van der Waals surface area contributed by atoms with Crippen molar-refractivity contribution >= 4 is 29.4 Å². The number of fused-ring (bicyclic) bond motifs is 1. The van der Waals surface area contributed by atoms with Gasteiger partial charge in [0.25, 0.3) is 5.91 Å². The van der Waals surface area contributed by atoms with E-state index in [1.165, 1.54) is 0 Å². The fraction of sp³-hybridized carbons (Fsp3) is 0.643. The van der Waals surface area contributed by atoms with Gasteiger partial charge >= 0.3 is 5.97 Å². The van der Waals surface area contributed by atoms with E-state index in [0.29, 0.717) is 24.9 Å². The minimum atomic E-state index is -0.582. The SMILES string of the molecule is CC(C)(C)OC(=O)CCCCCCN1CCN(c2ccc3c(c2)CN(C2CCC(=O)NC2=O)C3=O)CC1. The zero-order valence-electron chi connectivity index (χ0n) is 22.4. The number of esters is 1. The molecule has 4 rings (SSSR count). The van der Waals surface area contributed by atoms with Gasteiger partial charge in [-0.1, -0.05) is 12.8 Å². The predicted octanol–water partition coefficient (Wildman–Crippen LogP) is 2.86. The molecule has 1 aromatic carbocycles. The van der Waals surface area contributed by atoms with E-state index in [1.54, 1.807) is 4.90 Å². The second kappa shape index (κ2) is 11.6. The Balaban J connectivity index is 1.18. The summed E-state index contributed by atoms with van der Waals surface area (Å²) in [5, 5.41) is 2.35. The number of ether oxygens (including phenoxy) is 1. The molecule has 9 nitrogen and oxygen atoms in total. The topological polar surface area (TPSA) is 99.3 Å². The van der Waals surface area contributed by atoms with Crippen LogP contribution in [0.25, 0.3) is 0 Å². The summed E-state index contributed by atoms with van der Waals surface area (Å²) in [6, 6.07) is 5.38. The number of imide groups is 1. The third-order valence-corrected chi connectivity index (χ3v) is 7.27. The Morgan fingerprint density at radius 2 is 1.76 bits per heavy atom. The highest BCUT2D eigenvalue weighted by Gasteiger charge is 2.39. The molecule has 1 unspecified atom stereocenters. The lowest BCUT2D eigenvalue weighted by molar-refractivity contribution is -0.155. The molecule has 3 amide bonds. The maximum absolute atomic E-state index is 12.9. The van der Waals surface area contributed by atoms with Gasteiger partial charge in [0.05, 0.1) is 0 Å². The maximum Gasteiger partial charge on any atom is 0.306 e. The monoisotopic (exact) mass is 512 g/mol. The van der Waals surface area contributed by atoms with Gasteiger partial charge in [0.1, 0.15) is 11.6 Å². The van der Waals surface area contributed by atoms with Crippen LogP contribution in [0.5, 0.6) is 0 Å². The zero-order chi connectivity index (χ0) is 26.6. The number of anilines is 1. The summed E-state index contributed by atoms with van der Waals surface area (Å²) >= 11 is 0. The van der Waals surface area contributed by atoms with Gasteiger partial charge in [-0.3, -0.25) is 29.4 Å². The summed E-state index contributed by atoms with van der Waals surface area (Å²) < 4.78 is 5.36. The van der Waals surface area contributed by atoms with Crippen molar-refractivity contribution < 1.29 is 23.9 Å². The van der Waals surface area contributed by atoms with E-state index in [-0.39, 0.29) is 30.1 Å². The summed E-state index contributed by atoms with van der Waals surface area (Å²) in [6.07, 6.45) is 5.30. The van der Waals surface area contributed by atoms with Crippen LogP contribution in [0, 0.1) is 0 Å². The van der Waals surface area contributed by atoms with Gasteiger partial charge in [-0.05, 0) is 70.3 Å². The summed E-state index contributed by atoms with van der Waals surface area (Å²) in [7, 11) is 0. The van der Waals surface area contributed by atoms with E-state index in [2.05, 4.69) is 21.2 Å². The van der Waals surface area contributed by atoms with Crippen LogP contribution in [0.1, 0.15) is 81.6 Å². The Labute approximate surface area is 219 Å². The van der Waals surface area contributed by atoms with Crippen molar-refractivity contribution in [3.63, 3.8) is 0 Å². The van der Waals surface area contributed by atoms with Gasteiger partial charge in [0, 0.05) is 56.8 Å². The van der Waals surface area contributed by atoms with Crippen molar-refractivity contribution in [1.82, 2.24) is 15.1 Å². The highest BCUT2D eigenvalue weighted by molar-refractivity contribution is 6.05. The predicted molar refractivity (Wildman–Crippen MR) is 140 cm³/mol. The summed E-state index contributed by atoms with van der Waals surface area (Å²) in [5.74, 6) is -0.892. The van der Waals surface area contributed by atoms with E-state index in [4.69, 9.17) is 4.74 Å². The number of rotatable bonds is 9. The highest BCUT2D eigenvalue weighted by atomic mass is 16.6. The Morgan fingerprint density at radius 3 is 2.46 bits per heavy atom. The van der Waals surface area contributed by atoms with Crippen molar-refractivity contribution in [1.29, 1.82) is 0 Å². The number of carbonyl (C=O) groups excluding carboxylic acids is 4. The summed E-state index contributed by atoms with van der Waals surface area (Å²) in [4.78, 5) is 54.9. The maximum atomic E-state index is 12.9. The second-order valence-corrected chi connectivity index (χ2v) is 11.3. The molecule has 0 aromatic heterocycles. The molecule has 0 aliphatic carbocycles. The number of hydrogen-bond acceptors (Lipinski definition) is 7. The lowest BCUT2D eigenvalue weighted by Crippen LogP contribution is -2.52. The van der Waals surface area contributed by atoms with Gasteiger partial charge in [-0.15, -0.1) is 0 Å². The molecule has 202 valence electrons. The standard InChI is InChI=1S/C28H40N4O5/c1-28(2,3)37-25(34)8-6-4-5-7-13-30-14-16-31(17-15-30)21-9-10-22-20(18-21)19-32(27(22)36)23-11-12-24(33)29-26(23)35/h9-10,18,23H,4-8,11-17,19H2,1-3H3,(H,29,33,35). The van der Waals surface area contributed by atoms with Crippen molar-refractivity contribution in [3.05, 3.63) is 29.3 Å². The number of carbonyl (C=O) groups is 4. The largest absolute Gasteiger partial charge is 0.460 e. The number of hydrogen-bond donors (Lipinski definition) is 1. The van der Waals surface area contributed by atoms with Crippen LogP contribution in [-0.4, -0.2) is 77.9 Å². The van der Waals surface area contributed by atoms with E-state index in [0.717, 1.165) is 69.7 Å². The number of piperazine rings is 1. The summed E-state index contributed by atoms with van der Waals surface area (Å²) in [5.41, 5.74) is 2.30. The van der Waals surface area contributed by atoms with Gasteiger partial charge in [-0.25, -0.2) is 0 Å². The highest BCUT2D eigenvalue weighted by Crippen LogP contribution is 2.31. The molecule has 3 heterocycles. The second-order valence-electron chi connectivity index (χ2n) is 11.3. The van der Waals surface area contributed by atoms with E-state index >= 15 is 0 Å². The number of amides is 3. The average molecular weight is 513 g/mol. The normalized spacial score (nSPS) is 20.7. The fourth-order valence-electron chi connectivity index (χ4n) is 5.34. The Hall–Kier alpha value is -2.94. The molecule has 0 saturated carbocycles. The molecule has 1 aromatic rings. The number of nitrogens with one attached hydrogen (secondary N) is 1. The van der Waals surface area contributed by atoms with E-state index < -0.39 is 11.6 Å². The molecule has 0 spiro atoms. The van der Waals surface area contributed by atoms with Crippen LogP contribution in [-0.2, 0) is 25.7 Å². The average Bonchev–Trinajstić information content (AvgIpc) is 3.16. The van der Waals surface area contributed by atoms with Crippen LogP contribution in [0.4, 0.5) is 5.69 Å². The Morgan fingerprint density at radius 1 is 1.03 bits per heavy atom. The molecule has 2 fully saturated rings. The number of unbranched alkanes of at least 4 members (excludes halogenated alkanes) is 3. The third-order valence-electron chi connectivity index (χ3n) is 7.27. The molecule has 3 aliphatic heterocycles. The van der Waals surface area contributed by atoms with Crippen molar-refractivity contribution in [2.45, 2.75) is 83.9 Å². The van der Waals surface area contributed by atoms with Crippen LogP contribution < -0.4 is 10.2 Å². The first-order valence-electron chi connectivity index (χ1n) is 13.6. The van der Waals surface area contributed by atoms with Crippen LogP contribution in [0.15, 0.2) is 18.2 Å². The Kier molecular flexibility index (Phi) is 8.52. The van der Waals surface area contributed by atoms with Crippen molar-refractivity contribution in [3.8, 4) is 0 Å². The molecule has 37 heavy (non-hydrogen) atoms. The quantitative estimate of drug-likeness (QED) is 0.309. The smallest absolute Gasteiger partial charge is 0.306 e. The van der Waals surface area contributed by atoms with Crippen LogP contribution >= 0.6 is 0 Å². The molecule has 3 aliphatic rings. The number of benzene rings is 1. The molecule has 9 heteroatoms. The van der Waals surface area contributed by atoms with Crippen LogP contribution in [0.2, 0.25) is 0 Å². The Bertz CT molecular complexity index is 1030. The molecular formula is C28H40N4O5. The lowest BCUT2D eigenvalue weighted by atomic mass is 10.0. The van der Waals surface area contributed by atoms with Crippen molar-refractivity contribution in [2.24, 2.45) is 0 Å². The van der Waals surface area contributed by atoms with Gasteiger partial charge in [0.15, 0.2) is 0 Å². The molecule has 0 radical (unpaired) electrons. The fourth-order valence-corrected chi connectivity index (χ4v) is 5.34. The van der Waals surface area contributed by atoms with E-state index in [1.807, 2.05) is 32.9 Å². The van der Waals surface area contributed by atoms with Crippen LogP contribution in [0.3, 0.4) is 0 Å². The molecule has 1 atom stereocenters. The molecular weight excluding hydrogens is 472 g/mol. The molecule has 1 N–H and O–H groups in total. The minimum Gasteiger partial charge on any atom is -0.460 e. The number of piperidine rings is 1. The van der Waals surface area contributed by atoms with Crippen molar-refractivity contribution in [2.75, 3.05) is 37.6 Å². The molecule has 0 bridgehead atoms. The first kappa shape index (κ1) is 27.1. The zero-order valence-corrected chi connectivity index (χ0v) is 22.4. The summed E-state index contributed by atoms with van der Waals surface area (Å²) in [6.45, 7) is 11.0. The van der Waals surface area contributed by atoms with Gasteiger partial charge in [-0.2, -0.15) is 0 Å². The van der Waals surface area contributed by atoms with Gasteiger partial charge in [0.2, 0.25) is 11.8 Å². The first-order valence-corrected chi connectivity index (χ1v) is 13.6. The third kappa shape index (κ3) is 7.09. The van der Waals surface area contributed by atoms with Gasteiger partial charge < -0.3 is 14.5 Å².